The molecule has 1 aromatic carbocycles. The highest BCUT2D eigenvalue weighted by molar-refractivity contribution is 8.18. The van der Waals surface area contributed by atoms with Crippen molar-refractivity contribution >= 4 is 35.1 Å². The molecule has 36 heavy (non-hydrogen) atoms. The number of imide groups is 1. The average Bonchev–Trinajstić information content (AvgIpc) is 3.40. The molecule has 0 aliphatic carbocycles. The number of nitrogens with one attached hydrogen (secondary N) is 1. The molecule has 2 saturated heterocycles. The highest BCUT2D eigenvalue weighted by Gasteiger charge is 2.33. The monoisotopic (exact) mass is 512 g/mol. The molecule has 1 N–H and O–H groups in total. The summed E-state index contributed by atoms with van der Waals surface area (Å²) in [4.78, 5) is 46.0. The van der Waals surface area contributed by atoms with Crippen LogP contribution in [0.3, 0.4) is 0 Å². The van der Waals surface area contributed by atoms with Crippen LogP contribution in [0.25, 0.3) is 6.08 Å². The summed E-state index contributed by atoms with van der Waals surface area (Å²) in [6.45, 7) is 8.26. The van der Waals surface area contributed by atoms with E-state index in [2.05, 4.69) is 15.3 Å². The summed E-state index contributed by atoms with van der Waals surface area (Å²) in [6.07, 6.45) is 4.37. The molecule has 0 bridgehead atoms. The minimum atomic E-state index is -0.557. The van der Waals surface area contributed by atoms with Gasteiger partial charge in [0.05, 0.1) is 16.5 Å². The zero-order chi connectivity index (χ0) is 25.9. The Kier molecular flexibility index (Phi) is 7.48. The van der Waals surface area contributed by atoms with E-state index >= 15 is 0 Å². The average molecular weight is 513 g/mol. The minimum Gasteiger partial charge on any atom is -0.475 e. The molecule has 1 aromatic heterocycles. The van der Waals surface area contributed by atoms with Gasteiger partial charge in [0.1, 0.15) is 24.3 Å². The summed E-state index contributed by atoms with van der Waals surface area (Å²) in [5, 5.41) is 1.85. The van der Waals surface area contributed by atoms with E-state index in [0.29, 0.717) is 34.5 Å². The van der Waals surface area contributed by atoms with Crippen molar-refractivity contribution < 1.29 is 28.6 Å². The van der Waals surface area contributed by atoms with Crippen LogP contribution in [-0.2, 0) is 9.53 Å². The molecule has 2 aliphatic rings. The van der Waals surface area contributed by atoms with Gasteiger partial charge in [-0.05, 0) is 76.1 Å². The quantitative estimate of drug-likeness (QED) is 0.550. The molecule has 3 heterocycles. The predicted molar refractivity (Wildman–Crippen MR) is 134 cm³/mol. The highest BCUT2D eigenvalue weighted by atomic mass is 32.2. The van der Waals surface area contributed by atoms with Gasteiger partial charge < -0.3 is 19.1 Å². The Labute approximate surface area is 213 Å². The van der Waals surface area contributed by atoms with Crippen molar-refractivity contribution in [3.63, 3.8) is 0 Å². The van der Waals surface area contributed by atoms with Crippen LogP contribution in [0.1, 0.15) is 44.7 Å². The molecule has 4 rings (SSSR count). The Morgan fingerprint density at radius 2 is 1.92 bits per heavy atom. The van der Waals surface area contributed by atoms with E-state index in [0.717, 1.165) is 30.2 Å². The zero-order valence-corrected chi connectivity index (χ0v) is 21.4. The van der Waals surface area contributed by atoms with E-state index in [1.165, 1.54) is 6.33 Å². The molecule has 11 heteroatoms. The Morgan fingerprint density at radius 1 is 1.19 bits per heavy atom. The van der Waals surface area contributed by atoms with Gasteiger partial charge in [-0.3, -0.25) is 14.9 Å². The number of ether oxygens (including phenoxy) is 3. The summed E-state index contributed by atoms with van der Waals surface area (Å²) in [5.74, 6) is 0.863. The third-order valence-corrected chi connectivity index (χ3v) is 6.25. The van der Waals surface area contributed by atoms with Gasteiger partial charge in [0.2, 0.25) is 11.8 Å². The smallest absolute Gasteiger partial charge is 0.410 e. The molecule has 10 nitrogen and oxygen atoms in total. The largest absolute Gasteiger partial charge is 0.475 e. The maximum Gasteiger partial charge on any atom is 0.410 e. The molecule has 3 amide bonds. The van der Waals surface area contributed by atoms with Crippen molar-refractivity contribution in [3.05, 3.63) is 46.6 Å². The van der Waals surface area contributed by atoms with Gasteiger partial charge in [0, 0.05) is 6.54 Å². The van der Waals surface area contributed by atoms with Gasteiger partial charge in [-0.1, -0.05) is 12.1 Å². The van der Waals surface area contributed by atoms with Crippen LogP contribution < -0.4 is 14.8 Å². The lowest BCUT2D eigenvalue weighted by Gasteiger charge is -2.28. The lowest BCUT2D eigenvalue weighted by Crippen LogP contribution is -2.42. The van der Waals surface area contributed by atoms with Crippen LogP contribution in [0.2, 0.25) is 0 Å². The third-order valence-electron chi connectivity index (χ3n) is 5.44. The van der Waals surface area contributed by atoms with Crippen LogP contribution in [-0.4, -0.2) is 56.9 Å². The fraction of sp³-hybridized carbons (Fsp3) is 0.400. The zero-order valence-electron chi connectivity index (χ0n) is 20.6. The number of carbonyl (C=O) groups excluding carboxylic acids is 3. The maximum atomic E-state index is 12.5. The van der Waals surface area contributed by atoms with Crippen LogP contribution in [0.4, 0.5) is 9.59 Å². The summed E-state index contributed by atoms with van der Waals surface area (Å²) >= 11 is 0.867. The summed E-state index contributed by atoms with van der Waals surface area (Å²) in [6, 6.07) is 6.93. The number of nitrogens with zero attached hydrogens (tertiary/aromatic N) is 3. The van der Waals surface area contributed by atoms with Crippen molar-refractivity contribution in [3.8, 4) is 17.5 Å². The van der Waals surface area contributed by atoms with E-state index in [4.69, 9.17) is 14.2 Å². The SMILES string of the molecule is Cc1c(OCC2CCCN2C(=O)OC(C)(C)C)ncnc1Oc1ccc(/C=C2\SC(=O)NC2=O)cc1. The van der Waals surface area contributed by atoms with Crippen LogP contribution in [0.5, 0.6) is 17.5 Å². The summed E-state index contributed by atoms with van der Waals surface area (Å²) in [7, 11) is 0. The van der Waals surface area contributed by atoms with Crippen LogP contribution >= 0.6 is 11.8 Å². The van der Waals surface area contributed by atoms with E-state index < -0.39 is 11.5 Å². The first-order valence-corrected chi connectivity index (χ1v) is 12.4. The fourth-order valence-corrected chi connectivity index (χ4v) is 4.41. The van der Waals surface area contributed by atoms with Gasteiger partial charge in [0.25, 0.3) is 11.1 Å². The maximum absolute atomic E-state index is 12.5. The molecule has 1 atom stereocenters. The van der Waals surface area contributed by atoms with Crippen molar-refractivity contribution in [2.75, 3.05) is 13.2 Å². The van der Waals surface area contributed by atoms with Crippen molar-refractivity contribution in [2.24, 2.45) is 0 Å². The molecule has 0 radical (unpaired) electrons. The number of hydrogen-bond donors (Lipinski definition) is 1. The van der Waals surface area contributed by atoms with E-state index in [-0.39, 0.29) is 24.0 Å². The molecule has 2 aromatic rings. The number of thioether (sulfide) groups is 1. The second-order valence-corrected chi connectivity index (χ2v) is 10.4. The first-order valence-electron chi connectivity index (χ1n) is 11.6. The van der Waals surface area contributed by atoms with Gasteiger partial charge in [-0.25, -0.2) is 14.8 Å². The first-order chi connectivity index (χ1) is 17.1. The minimum absolute atomic E-state index is 0.101. The predicted octanol–water partition coefficient (Wildman–Crippen LogP) is 4.68. The summed E-state index contributed by atoms with van der Waals surface area (Å²) in [5.41, 5.74) is 0.825. The number of benzene rings is 1. The topological polar surface area (TPSA) is 120 Å². The van der Waals surface area contributed by atoms with Gasteiger partial charge in [0.15, 0.2) is 0 Å². The standard InChI is InChI=1S/C25H28N4O6S/c1-15-21(33-13-17-6-5-11-29(17)24(32)35-25(2,3)4)26-14-27-22(15)34-18-9-7-16(8-10-18)12-19-20(30)28-23(31)36-19/h7-10,12,14,17H,5-6,11,13H2,1-4H3,(H,28,30,31)/b19-12-. The molecule has 0 saturated carbocycles. The van der Waals surface area contributed by atoms with Crippen LogP contribution in [0, 0.1) is 6.92 Å². The normalized spacial score (nSPS) is 18.9. The molecule has 2 aliphatic heterocycles. The number of amides is 3. The highest BCUT2D eigenvalue weighted by Crippen LogP contribution is 2.30. The molecule has 2 fully saturated rings. The summed E-state index contributed by atoms with van der Waals surface area (Å²) < 4.78 is 17.4. The van der Waals surface area contributed by atoms with E-state index in [9.17, 15) is 14.4 Å². The number of aromatic nitrogens is 2. The fourth-order valence-electron chi connectivity index (χ4n) is 3.73. The Balaban J connectivity index is 1.38. The van der Waals surface area contributed by atoms with Crippen molar-refractivity contribution in [1.29, 1.82) is 0 Å². The van der Waals surface area contributed by atoms with Gasteiger partial charge in [-0.2, -0.15) is 0 Å². The molecular formula is C25H28N4O6S. The molecule has 190 valence electrons. The van der Waals surface area contributed by atoms with E-state index in [1.54, 1.807) is 42.2 Å². The van der Waals surface area contributed by atoms with E-state index in [1.807, 2.05) is 20.8 Å². The number of carbonyl (C=O) groups is 3. The lowest BCUT2D eigenvalue weighted by atomic mass is 10.2. The number of rotatable bonds is 6. The second kappa shape index (κ2) is 10.6. The Morgan fingerprint density at radius 3 is 2.58 bits per heavy atom. The van der Waals surface area contributed by atoms with Gasteiger partial charge in [-0.15, -0.1) is 0 Å². The molecule has 1 unspecified atom stereocenters. The van der Waals surface area contributed by atoms with Crippen LogP contribution in [0.15, 0.2) is 35.5 Å². The number of hydrogen-bond acceptors (Lipinski definition) is 9. The lowest BCUT2D eigenvalue weighted by molar-refractivity contribution is -0.115. The molecule has 0 spiro atoms. The second-order valence-electron chi connectivity index (χ2n) is 9.41. The van der Waals surface area contributed by atoms with Crippen molar-refractivity contribution in [2.45, 2.75) is 52.2 Å². The first kappa shape index (κ1) is 25.5. The van der Waals surface area contributed by atoms with Crippen molar-refractivity contribution in [1.82, 2.24) is 20.2 Å². The van der Waals surface area contributed by atoms with Gasteiger partial charge >= 0.3 is 6.09 Å². The number of likely N-dealkylation sites (tertiary alicyclic amines) is 1. The Bertz CT molecular complexity index is 1190. The molecular weight excluding hydrogens is 484 g/mol. The third kappa shape index (κ3) is 6.34. The Hall–Kier alpha value is -3.60.